The number of urea groups is 1. The Morgan fingerprint density at radius 2 is 1.50 bits per heavy atom. The number of esters is 2. The predicted octanol–water partition coefficient (Wildman–Crippen LogP) is 4.24. The van der Waals surface area contributed by atoms with Gasteiger partial charge in [-0.2, -0.15) is 0 Å². The Bertz CT molecular complexity index is 1280. The minimum absolute atomic E-state index is 0.0906. The molecule has 198 valence electrons. The van der Waals surface area contributed by atoms with E-state index in [2.05, 4.69) is 0 Å². The predicted molar refractivity (Wildman–Crippen MR) is 138 cm³/mol. The van der Waals surface area contributed by atoms with Gasteiger partial charge in [-0.3, -0.25) is 14.5 Å². The number of hydrogen-bond acceptors (Lipinski definition) is 6. The van der Waals surface area contributed by atoms with Crippen molar-refractivity contribution in [3.63, 3.8) is 0 Å². The van der Waals surface area contributed by atoms with Gasteiger partial charge < -0.3 is 14.4 Å². The van der Waals surface area contributed by atoms with Crippen LogP contribution in [0, 0.1) is 11.3 Å². The maximum atomic E-state index is 14.5. The number of imide groups is 1. The van der Waals surface area contributed by atoms with Crippen molar-refractivity contribution in [1.82, 2.24) is 9.80 Å². The maximum absolute atomic E-state index is 14.5. The Kier molecular flexibility index (Phi) is 6.82. The number of rotatable bonds is 8. The van der Waals surface area contributed by atoms with Gasteiger partial charge in [-0.25, -0.2) is 9.59 Å². The molecule has 8 nitrogen and oxygen atoms in total. The summed E-state index contributed by atoms with van der Waals surface area (Å²) in [6.45, 7) is 4.00. The van der Waals surface area contributed by atoms with Gasteiger partial charge in [0, 0.05) is 18.0 Å². The molecule has 2 aromatic rings. The van der Waals surface area contributed by atoms with Gasteiger partial charge in [-0.05, 0) is 44.2 Å². The molecule has 8 heteroatoms. The second-order valence-electron chi connectivity index (χ2n) is 9.96. The normalized spacial score (nSPS) is 26.1. The van der Waals surface area contributed by atoms with Crippen molar-refractivity contribution in [1.29, 1.82) is 0 Å². The number of carbonyl (C=O) groups is 4. The van der Waals surface area contributed by atoms with Crippen molar-refractivity contribution in [2.75, 3.05) is 13.2 Å². The molecule has 3 amide bonds. The number of amides is 3. The van der Waals surface area contributed by atoms with E-state index in [0.717, 1.165) is 11.1 Å². The quantitative estimate of drug-likeness (QED) is 0.385. The number of carbonyl (C=O) groups excluding carboxylic acids is 4. The molecule has 3 aliphatic rings. The molecule has 1 aliphatic heterocycles. The molecule has 3 atom stereocenters. The number of nitrogens with zero attached hydrogens (tertiary/aromatic N) is 2. The van der Waals surface area contributed by atoms with E-state index in [9.17, 15) is 19.2 Å². The van der Waals surface area contributed by atoms with Crippen LogP contribution in [0.4, 0.5) is 4.79 Å². The molecule has 0 N–H and O–H groups in total. The molecule has 1 saturated carbocycles. The summed E-state index contributed by atoms with van der Waals surface area (Å²) in [4.78, 5) is 58.3. The van der Waals surface area contributed by atoms with Gasteiger partial charge in [-0.15, -0.1) is 0 Å². The van der Waals surface area contributed by atoms with E-state index in [4.69, 9.17) is 9.47 Å². The molecule has 2 aliphatic carbocycles. The zero-order valence-corrected chi connectivity index (χ0v) is 21.7. The third-order valence-corrected chi connectivity index (χ3v) is 8.19. The zero-order valence-electron chi connectivity index (χ0n) is 21.7. The minimum Gasteiger partial charge on any atom is -0.465 e. The first-order valence-corrected chi connectivity index (χ1v) is 13.2. The highest BCUT2D eigenvalue weighted by molar-refractivity contribution is 6.11. The first kappa shape index (κ1) is 25.7. The lowest BCUT2D eigenvalue weighted by atomic mass is 9.66. The molecule has 1 heterocycles. The second kappa shape index (κ2) is 10.1. The van der Waals surface area contributed by atoms with Crippen LogP contribution in [-0.2, 0) is 36.9 Å². The van der Waals surface area contributed by atoms with E-state index in [1.165, 1.54) is 4.90 Å². The summed E-state index contributed by atoms with van der Waals surface area (Å²) in [6.07, 6.45) is 2.45. The third kappa shape index (κ3) is 3.73. The monoisotopic (exact) mass is 516 g/mol. The SMILES string of the molecule is CCOC(=O)C1=CCC2(C(=O)OCC)C1CCC21C(=O)N(Cc2ccccc2)C(=O)N1Cc1ccccc1. The zero-order chi connectivity index (χ0) is 26.9. The Morgan fingerprint density at radius 1 is 0.895 bits per heavy atom. The Morgan fingerprint density at radius 3 is 2.11 bits per heavy atom. The molecule has 2 fully saturated rings. The Labute approximate surface area is 222 Å². The molecule has 0 bridgehead atoms. The average Bonchev–Trinajstić information content (AvgIpc) is 3.53. The highest BCUT2D eigenvalue weighted by Crippen LogP contribution is 2.64. The summed E-state index contributed by atoms with van der Waals surface area (Å²) in [5, 5.41) is 0. The summed E-state index contributed by atoms with van der Waals surface area (Å²) in [5.74, 6) is -2.06. The van der Waals surface area contributed by atoms with Crippen molar-refractivity contribution < 1.29 is 28.7 Å². The van der Waals surface area contributed by atoms with Crippen LogP contribution in [0.3, 0.4) is 0 Å². The van der Waals surface area contributed by atoms with Crippen molar-refractivity contribution in [2.24, 2.45) is 11.3 Å². The van der Waals surface area contributed by atoms with Crippen LogP contribution >= 0.6 is 0 Å². The Balaban J connectivity index is 1.64. The average molecular weight is 517 g/mol. The van der Waals surface area contributed by atoms with Crippen LogP contribution < -0.4 is 0 Å². The third-order valence-electron chi connectivity index (χ3n) is 8.19. The fourth-order valence-electron chi connectivity index (χ4n) is 6.63. The molecule has 5 rings (SSSR count). The molecule has 1 spiro atoms. The smallest absolute Gasteiger partial charge is 0.333 e. The van der Waals surface area contributed by atoms with Gasteiger partial charge in [0.05, 0.1) is 19.8 Å². The van der Waals surface area contributed by atoms with E-state index in [0.29, 0.717) is 12.0 Å². The van der Waals surface area contributed by atoms with Crippen LogP contribution in [0.5, 0.6) is 0 Å². The maximum Gasteiger partial charge on any atom is 0.333 e. The lowest BCUT2D eigenvalue weighted by molar-refractivity contribution is -0.169. The van der Waals surface area contributed by atoms with Crippen LogP contribution in [0.15, 0.2) is 72.3 Å². The standard InChI is InChI=1S/C30H32N2O6/c1-3-37-25(33)23-15-17-29(27(35)38-4-2)24(23)16-18-30(29)26(34)31(19-21-11-7-5-8-12-21)28(36)32(30)20-22-13-9-6-10-14-22/h5-15,24H,3-4,16-20H2,1-2H3. The highest BCUT2D eigenvalue weighted by Gasteiger charge is 2.77. The highest BCUT2D eigenvalue weighted by atomic mass is 16.5. The minimum atomic E-state index is -1.49. The van der Waals surface area contributed by atoms with Crippen LogP contribution in [0.1, 0.15) is 44.2 Å². The van der Waals surface area contributed by atoms with Gasteiger partial charge in [0.2, 0.25) is 0 Å². The van der Waals surface area contributed by atoms with Gasteiger partial charge in [0.1, 0.15) is 11.0 Å². The number of hydrogen-bond donors (Lipinski definition) is 0. The van der Waals surface area contributed by atoms with E-state index in [1.807, 2.05) is 60.7 Å². The summed E-state index contributed by atoms with van der Waals surface area (Å²) in [5.41, 5.74) is -0.872. The largest absolute Gasteiger partial charge is 0.465 e. The van der Waals surface area contributed by atoms with Gasteiger partial charge >= 0.3 is 18.0 Å². The first-order valence-electron chi connectivity index (χ1n) is 13.2. The number of fused-ring (bicyclic) bond motifs is 2. The lowest BCUT2D eigenvalue weighted by Crippen LogP contribution is -2.62. The molecular weight excluding hydrogens is 484 g/mol. The van der Waals surface area contributed by atoms with Crippen molar-refractivity contribution in [3.8, 4) is 0 Å². The second-order valence-corrected chi connectivity index (χ2v) is 9.96. The van der Waals surface area contributed by atoms with Crippen LogP contribution in [-0.4, -0.2) is 52.4 Å². The molecule has 3 unspecified atom stereocenters. The van der Waals surface area contributed by atoms with Crippen LogP contribution in [0.25, 0.3) is 0 Å². The molecule has 1 saturated heterocycles. The van der Waals surface area contributed by atoms with Crippen molar-refractivity contribution >= 4 is 23.9 Å². The topological polar surface area (TPSA) is 93.2 Å². The number of allylic oxidation sites excluding steroid dienone is 1. The Hall–Kier alpha value is -3.94. The summed E-state index contributed by atoms with van der Waals surface area (Å²) in [6, 6.07) is 18.3. The molecule has 0 aromatic heterocycles. The van der Waals surface area contributed by atoms with Gasteiger partial charge in [-0.1, -0.05) is 66.7 Å². The van der Waals surface area contributed by atoms with Crippen molar-refractivity contribution in [2.45, 2.75) is 51.7 Å². The summed E-state index contributed by atoms with van der Waals surface area (Å²) < 4.78 is 10.9. The summed E-state index contributed by atoms with van der Waals surface area (Å²) >= 11 is 0. The van der Waals surface area contributed by atoms with E-state index in [1.54, 1.807) is 24.8 Å². The molecule has 0 radical (unpaired) electrons. The summed E-state index contributed by atoms with van der Waals surface area (Å²) in [7, 11) is 0. The fraction of sp³-hybridized carbons (Fsp3) is 0.400. The first-order chi connectivity index (χ1) is 18.4. The van der Waals surface area contributed by atoms with Crippen LogP contribution in [0.2, 0.25) is 0 Å². The molecule has 2 aromatic carbocycles. The number of benzene rings is 2. The van der Waals surface area contributed by atoms with Gasteiger partial charge in [0.15, 0.2) is 0 Å². The van der Waals surface area contributed by atoms with E-state index < -0.39 is 40.7 Å². The fourth-order valence-corrected chi connectivity index (χ4v) is 6.63. The number of ether oxygens (including phenoxy) is 2. The molecule has 38 heavy (non-hydrogen) atoms. The molecular formula is C30H32N2O6. The van der Waals surface area contributed by atoms with E-state index >= 15 is 0 Å². The van der Waals surface area contributed by atoms with E-state index in [-0.39, 0.29) is 39.1 Å². The van der Waals surface area contributed by atoms with Gasteiger partial charge in [0.25, 0.3) is 5.91 Å². The lowest BCUT2D eigenvalue weighted by Gasteiger charge is -2.44. The van der Waals surface area contributed by atoms with Crippen molar-refractivity contribution in [3.05, 3.63) is 83.4 Å².